The minimum atomic E-state index is -0.888. The maximum atomic E-state index is 13.0. The fourth-order valence-electron chi connectivity index (χ4n) is 3.00. The molecule has 20 heavy (non-hydrogen) atoms. The molecule has 3 atom stereocenters. The molecule has 112 valence electrons. The number of rotatable bonds is 5. The Morgan fingerprint density at radius 3 is 2.75 bits per heavy atom. The fraction of sp³-hybridized carbons (Fsp3) is 0.647. The Bertz CT molecular complexity index is 472. The molecule has 3 unspecified atom stereocenters. The second kappa shape index (κ2) is 7.37. The van der Waals surface area contributed by atoms with E-state index >= 15 is 0 Å². The number of hydrogen-bond acceptors (Lipinski definition) is 2. The van der Waals surface area contributed by atoms with Crippen LogP contribution in [0.1, 0.15) is 50.2 Å². The Hall–Kier alpha value is -0.670. The molecule has 1 fully saturated rings. The standard InChI is InChI=1S/C17H27NOS/c1-4-11-18-15-7-5-6-8-16(15)20(19)17-12-13(2)9-10-14(17)3/h9-10,12,15-16,18H,4-8,11H2,1-3H3. The van der Waals surface area contributed by atoms with Crippen LogP contribution in [0.4, 0.5) is 0 Å². The minimum Gasteiger partial charge on any atom is -0.313 e. The Labute approximate surface area is 125 Å². The van der Waals surface area contributed by atoms with E-state index in [0.29, 0.717) is 6.04 Å². The summed E-state index contributed by atoms with van der Waals surface area (Å²) in [4.78, 5) is 1.04. The lowest BCUT2D eigenvalue weighted by atomic mass is 9.95. The van der Waals surface area contributed by atoms with Gasteiger partial charge in [0.05, 0.1) is 16.0 Å². The minimum absolute atomic E-state index is 0.274. The lowest BCUT2D eigenvalue weighted by Gasteiger charge is -2.32. The fourth-order valence-corrected chi connectivity index (χ4v) is 4.93. The third-order valence-corrected chi connectivity index (χ3v) is 6.18. The number of benzene rings is 1. The molecule has 0 amide bonds. The summed E-state index contributed by atoms with van der Waals surface area (Å²) in [6, 6.07) is 6.73. The predicted octanol–water partition coefficient (Wildman–Crippen LogP) is 3.72. The maximum Gasteiger partial charge on any atom is 0.0579 e. The first-order valence-electron chi connectivity index (χ1n) is 7.84. The third kappa shape index (κ3) is 3.70. The van der Waals surface area contributed by atoms with Crippen molar-refractivity contribution in [3.8, 4) is 0 Å². The first-order valence-corrected chi connectivity index (χ1v) is 9.06. The van der Waals surface area contributed by atoms with Gasteiger partial charge >= 0.3 is 0 Å². The normalized spacial score (nSPS) is 24.6. The van der Waals surface area contributed by atoms with Gasteiger partial charge in [-0.15, -0.1) is 0 Å². The van der Waals surface area contributed by atoms with Gasteiger partial charge < -0.3 is 5.32 Å². The van der Waals surface area contributed by atoms with Crippen molar-refractivity contribution < 1.29 is 4.21 Å². The molecule has 0 saturated heterocycles. The summed E-state index contributed by atoms with van der Waals surface area (Å²) in [5, 5.41) is 3.89. The van der Waals surface area contributed by atoms with E-state index in [1.54, 1.807) is 0 Å². The molecule has 0 aromatic heterocycles. The first kappa shape index (κ1) is 15.7. The zero-order chi connectivity index (χ0) is 14.5. The van der Waals surface area contributed by atoms with E-state index in [9.17, 15) is 4.21 Å². The Balaban J connectivity index is 2.18. The Morgan fingerprint density at radius 1 is 1.25 bits per heavy atom. The van der Waals surface area contributed by atoms with Crippen LogP contribution in [0.3, 0.4) is 0 Å². The van der Waals surface area contributed by atoms with Crippen LogP contribution in [0.2, 0.25) is 0 Å². The van der Waals surface area contributed by atoms with E-state index in [4.69, 9.17) is 0 Å². The smallest absolute Gasteiger partial charge is 0.0579 e. The van der Waals surface area contributed by atoms with E-state index in [1.807, 2.05) is 0 Å². The van der Waals surface area contributed by atoms with Gasteiger partial charge in [0.2, 0.25) is 0 Å². The topological polar surface area (TPSA) is 29.1 Å². The van der Waals surface area contributed by atoms with Crippen LogP contribution in [-0.2, 0) is 10.8 Å². The summed E-state index contributed by atoms with van der Waals surface area (Å²) in [7, 11) is -0.888. The molecule has 0 heterocycles. The van der Waals surface area contributed by atoms with Gasteiger partial charge in [0.15, 0.2) is 0 Å². The van der Waals surface area contributed by atoms with Gasteiger partial charge in [-0.1, -0.05) is 31.9 Å². The van der Waals surface area contributed by atoms with Gasteiger partial charge in [0, 0.05) is 10.9 Å². The van der Waals surface area contributed by atoms with Gasteiger partial charge in [0.1, 0.15) is 0 Å². The summed E-state index contributed by atoms with van der Waals surface area (Å²) in [5.41, 5.74) is 2.36. The SMILES string of the molecule is CCCNC1CCCCC1S(=O)c1cc(C)ccc1C. The average molecular weight is 293 g/mol. The van der Waals surface area contributed by atoms with Gasteiger partial charge in [-0.3, -0.25) is 4.21 Å². The summed E-state index contributed by atoms with van der Waals surface area (Å²) >= 11 is 0. The van der Waals surface area contributed by atoms with Crippen LogP contribution in [0.15, 0.2) is 23.1 Å². The molecular weight excluding hydrogens is 266 g/mol. The van der Waals surface area contributed by atoms with Crippen LogP contribution < -0.4 is 5.32 Å². The van der Waals surface area contributed by atoms with Gasteiger partial charge in [0.25, 0.3) is 0 Å². The van der Waals surface area contributed by atoms with Crippen LogP contribution in [0, 0.1) is 13.8 Å². The van der Waals surface area contributed by atoms with Gasteiger partial charge in [-0.25, -0.2) is 0 Å². The van der Waals surface area contributed by atoms with Crippen molar-refractivity contribution in [1.82, 2.24) is 5.32 Å². The molecule has 1 saturated carbocycles. The van der Waals surface area contributed by atoms with E-state index in [0.717, 1.165) is 29.8 Å². The molecule has 0 radical (unpaired) electrons. The lowest BCUT2D eigenvalue weighted by molar-refractivity contribution is 0.379. The second-order valence-electron chi connectivity index (χ2n) is 5.95. The molecule has 3 heteroatoms. The number of hydrogen-bond donors (Lipinski definition) is 1. The highest BCUT2D eigenvalue weighted by Gasteiger charge is 2.30. The average Bonchev–Trinajstić information content (AvgIpc) is 2.47. The van der Waals surface area contributed by atoms with Crippen molar-refractivity contribution in [3.05, 3.63) is 29.3 Å². The number of aryl methyl sites for hydroxylation is 2. The summed E-state index contributed by atoms with van der Waals surface area (Å²) in [6.45, 7) is 7.37. The summed E-state index contributed by atoms with van der Waals surface area (Å²) in [6.07, 6.45) is 5.87. The molecule has 1 aliphatic carbocycles. The molecule has 2 nitrogen and oxygen atoms in total. The Morgan fingerprint density at radius 2 is 2.00 bits per heavy atom. The van der Waals surface area contributed by atoms with Gasteiger partial charge in [-0.2, -0.15) is 0 Å². The molecule has 2 rings (SSSR count). The Kier molecular flexibility index (Phi) is 5.79. The van der Waals surface area contributed by atoms with Crippen LogP contribution in [0.25, 0.3) is 0 Å². The van der Waals surface area contributed by atoms with Gasteiger partial charge in [-0.05, 0) is 56.8 Å². The summed E-state index contributed by atoms with van der Waals surface area (Å²) < 4.78 is 13.0. The van der Waals surface area contributed by atoms with E-state index < -0.39 is 10.8 Å². The largest absolute Gasteiger partial charge is 0.313 e. The predicted molar refractivity (Wildman–Crippen MR) is 86.7 cm³/mol. The lowest BCUT2D eigenvalue weighted by Crippen LogP contribution is -2.44. The van der Waals surface area contributed by atoms with Crippen molar-refractivity contribution in [2.45, 2.75) is 69.1 Å². The van der Waals surface area contributed by atoms with E-state index in [1.165, 1.54) is 24.8 Å². The highest BCUT2D eigenvalue weighted by molar-refractivity contribution is 7.85. The van der Waals surface area contributed by atoms with Crippen molar-refractivity contribution >= 4 is 10.8 Å². The van der Waals surface area contributed by atoms with E-state index in [2.05, 4.69) is 44.3 Å². The molecule has 0 spiro atoms. The zero-order valence-corrected chi connectivity index (χ0v) is 13.8. The number of nitrogens with one attached hydrogen (secondary N) is 1. The molecule has 1 aromatic rings. The summed E-state index contributed by atoms with van der Waals surface area (Å²) in [5.74, 6) is 0. The van der Waals surface area contributed by atoms with Crippen LogP contribution in [-0.4, -0.2) is 22.0 Å². The van der Waals surface area contributed by atoms with Crippen molar-refractivity contribution in [2.24, 2.45) is 0 Å². The molecule has 0 bridgehead atoms. The molecule has 1 aliphatic rings. The zero-order valence-electron chi connectivity index (χ0n) is 12.9. The maximum absolute atomic E-state index is 13.0. The van der Waals surface area contributed by atoms with E-state index in [-0.39, 0.29) is 5.25 Å². The van der Waals surface area contributed by atoms with Crippen molar-refractivity contribution in [1.29, 1.82) is 0 Å². The monoisotopic (exact) mass is 293 g/mol. The van der Waals surface area contributed by atoms with Crippen LogP contribution in [0.5, 0.6) is 0 Å². The quantitative estimate of drug-likeness (QED) is 0.896. The first-order chi connectivity index (χ1) is 9.63. The van der Waals surface area contributed by atoms with Crippen molar-refractivity contribution in [2.75, 3.05) is 6.54 Å². The van der Waals surface area contributed by atoms with Crippen LogP contribution >= 0.6 is 0 Å². The highest BCUT2D eigenvalue weighted by Crippen LogP contribution is 2.28. The van der Waals surface area contributed by atoms with Crippen molar-refractivity contribution in [3.63, 3.8) is 0 Å². The highest BCUT2D eigenvalue weighted by atomic mass is 32.2. The third-order valence-electron chi connectivity index (χ3n) is 4.19. The second-order valence-corrected chi connectivity index (χ2v) is 7.59. The molecule has 0 aliphatic heterocycles. The molecular formula is C17H27NOS. The molecule has 1 N–H and O–H groups in total. The molecule has 1 aromatic carbocycles.